The van der Waals surface area contributed by atoms with Crippen LogP contribution in [0.25, 0.3) is 0 Å². The van der Waals surface area contributed by atoms with Gasteiger partial charge in [0, 0.05) is 12.6 Å². The molecule has 1 saturated heterocycles. The lowest BCUT2D eigenvalue weighted by molar-refractivity contribution is 0.0375. The fraction of sp³-hybridized carbons (Fsp3) is 0.846. The van der Waals surface area contributed by atoms with Gasteiger partial charge in [-0.25, -0.2) is 0 Å². The quantitative estimate of drug-likeness (QED) is 0.289. The van der Waals surface area contributed by atoms with Gasteiger partial charge >= 0.3 is 0 Å². The van der Waals surface area contributed by atoms with Gasteiger partial charge in [-0.05, 0) is 38.0 Å². The van der Waals surface area contributed by atoms with Crippen LogP contribution in [0.1, 0.15) is 44.9 Å². The molecule has 3 nitrogen and oxygen atoms in total. The number of ether oxygens (including phenoxy) is 1. The van der Waals surface area contributed by atoms with Crippen LogP contribution in [-0.2, 0) is 4.74 Å². The van der Waals surface area contributed by atoms with E-state index in [4.69, 9.17) is 10.6 Å². The molecule has 1 aliphatic heterocycles. The fourth-order valence-electron chi connectivity index (χ4n) is 2.37. The van der Waals surface area contributed by atoms with E-state index in [2.05, 4.69) is 12.0 Å². The summed E-state index contributed by atoms with van der Waals surface area (Å²) in [4.78, 5) is 0. The van der Waals surface area contributed by atoms with Crippen LogP contribution in [0.2, 0.25) is 0 Å². The molecule has 0 radical (unpaired) electrons. The van der Waals surface area contributed by atoms with Gasteiger partial charge in [-0.2, -0.15) is 0 Å². The molecule has 3 heteroatoms. The molecule has 94 valence electrons. The largest absolute Gasteiger partial charge is 0.381 e. The third-order valence-electron chi connectivity index (χ3n) is 3.40. The lowest BCUT2D eigenvalue weighted by atomic mass is 9.90. The smallest absolute Gasteiger partial charge is 0.0509 e. The Kier molecular flexibility index (Phi) is 7.47. The SMILES string of the molecule is C=CCCCCCC(NN)C1CCCOC1. The summed E-state index contributed by atoms with van der Waals surface area (Å²) in [6.07, 6.45) is 10.5. The summed E-state index contributed by atoms with van der Waals surface area (Å²) in [5, 5.41) is 0. The van der Waals surface area contributed by atoms with Gasteiger partial charge in [0.25, 0.3) is 0 Å². The topological polar surface area (TPSA) is 47.3 Å². The Hall–Kier alpha value is -0.380. The van der Waals surface area contributed by atoms with Crippen molar-refractivity contribution >= 4 is 0 Å². The zero-order valence-corrected chi connectivity index (χ0v) is 10.3. The highest BCUT2D eigenvalue weighted by Gasteiger charge is 2.22. The highest BCUT2D eigenvalue weighted by atomic mass is 16.5. The predicted molar refractivity (Wildman–Crippen MR) is 67.9 cm³/mol. The molecule has 0 aromatic heterocycles. The summed E-state index contributed by atoms with van der Waals surface area (Å²) < 4.78 is 5.50. The van der Waals surface area contributed by atoms with Crippen molar-refractivity contribution in [3.05, 3.63) is 12.7 Å². The molecule has 0 aliphatic carbocycles. The minimum atomic E-state index is 0.434. The lowest BCUT2D eigenvalue weighted by Gasteiger charge is -2.29. The van der Waals surface area contributed by atoms with Gasteiger partial charge in [0.15, 0.2) is 0 Å². The van der Waals surface area contributed by atoms with E-state index in [-0.39, 0.29) is 0 Å². The van der Waals surface area contributed by atoms with Gasteiger partial charge in [0.1, 0.15) is 0 Å². The molecule has 1 aliphatic rings. The molecule has 3 N–H and O–H groups in total. The Balaban J connectivity index is 2.12. The summed E-state index contributed by atoms with van der Waals surface area (Å²) >= 11 is 0. The number of nitrogens with one attached hydrogen (secondary N) is 1. The maximum atomic E-state index is 5.62. The minimum absolute atomic E-state index is 0.434. The first kappa shape index (κ1) is 13.7. The molecule has 0 aromatic rings. The summed E-state index contributed by atoms with van der Waals surface area (Å²) in [6.45, 7) is 5.53. The molecule has 1 heterocycles. The van der Waals surface area contributed by atoms with Crippen molar-refractivity contribution < 1.29 is 4.74 Å². The molecule has 0 aromatic carbocycles. The Morgan fingerprint density at radius 2 is 2.31 bits per heavy atom. The Labute approximate surface area is 99.4 Å². The average Bonchev–Trinajstić information content (AvgIpc) is 2.35. The molecule has 0 amide bonds. The number of unbranched alkanes of at least 4 members (excludes halogenated alkanes) is 3. The van der Waals surface area contributed by atoms with Crippen molar-refractivity contribution in [2.75, 3.05) is 13.2 Å². The molecule has 1 fully saturated rings. The molecule has 1 rings (SSSR count). The van der Waals surface area contributed by atoms with E-state index in [9.17, 15) is 0 Å². The van der Waals surface area contributed by atoms with Crippen molar-refractivity contribution in [2.45, 2.75) is 51.0 Å². The first-order valence-corrected chi connectivity index (χ1v) is 6.53. The van der Waals surface area contributed by atoms with Crippen LogP contribution in [0.5, 0.6) is 0 Å². The van der Waals surface area contributed by atoms with Crippen LogP contribution < -0.4 is 11.3 Å². The van der Waals surface area contributed by atoms with Gasteiger partial charge in [-0.3, -0.25) is 11.3 Å². The van der Waals surface area contributed by atoms with Crippen LogP contribution in [0.4, 0.5) is 0 Å². The number of allylic oxidation sites excluding steroid dienone is 1. The monoisotopic (exact) mass is 226 g/mol. The van der Waals surface area contributed by atoms with Crippen LogP contribution >= 0.6 is 0 Å². The normalized spacial score (nSPS) is 22.9. The molecule has 2 atom stereocenters. The van der Waals surface area contributed by atoms with E-state index in [1.54, 1.807) is 0 Å². The van der Waals surface area contributed by atoms with E-state index in [0.29, 0.717) is 12.0 Å². The molecular weight excluding hydrogens is 200 g/mol. The number of hydrogen-bond donors (Lipinski definition) is 2. The van der Waals surface area contributed by atoms with E-state index < -0.39 is 0 Å². The maximum absolute atomic E-state index is 5.62. The third-order valence-corrected chi connectivity index (χ3v) is 3.40. The Bertz CT molecular complexity index is 179. The number of hydrogen-bond acceptors (Lipinski definition) is 3. The number of hydrazine groups is 1. The van der Waals surface area contributed by atoms with Crippen LogP contribution in [0.3, 0.4) is 0 Å². The molecule has 0 saturated carbocycles. The molecule has 2 unspecified atom stereocenters. The van der Waals surface area contributed by atoms with Gasteiger partial charge in [-0.1, -0.05) is 18.9 Å². The molecule has 16 heavy (non-hydrogen) atoms. The van der Waals surface area contributed by atoms with E-state index in [1.165, 1.54) is 38.5 Å². The summed E-state index contributed by atoms with van der Waals surface area (Å²) in [5.41, 5.74) is 2.96. The van der Waals surface area contributed by atoms with Crippen molar-refractivity contribution in [3.63, 3.8) is 0 Å². The van der Waals surface area contributed by atoms with Crippen LogP contribution in [0, 0.1) is 5.92 Å². The van der Waals surface area contributed by atoms with E-state index >= 15 is 0 Å². The number of rotatable bonds is 8. The first-order chi connectivity index (χ1) is 7.88. The predicted octanol–water partition coefficient (Wildman–Crippen LogP) is 2.38. The minimum Gasteiger partial charge on any atom is -0.381 e. The van der Waals surface area contributed by atoms with E-state index in [1.807, 2.05) is 6.08 Å². The lowest BCUT2D eigenvalue weighted by Crippen LogP contribution is -2.43. The highest BCUT2D eigenvalue weighted by molar-refractivity contribution is 4.77. The average molecular weight is 226 g/mol. The van der Waals surface area contributed by atoms with Crippen molar-refractivity contribution in [1.29, 1.82) is 0 Å². The van der Waals surface area contributed by atoms with Gasteiger partial charge in [0.05, 0.1) is 6.61 Å². The van der Waals surface area contributed by atoms with Crippen molar-refractivity contribution in [1.82, 2.24) is 5.43 Å². The summed E-state index contributed by atoms with van der Waals surface area (Å²) in [5.74, 6) is 6.23. The second-order valence-electron chi connectivity index (χ2n) is 4.68. The molecule has 0 spiro atoms. The Morgan fingerprint density at radius 1 is 1.44 bits per heavy atom. The first-order valence-electron chi connectivity index (χ1n) is 6.53. The zero-order valence-electron chi connectivity index (χ0n) is 10.3. The van der Waals surface area contributed by atoms with Gasteiger partial charge < -0.3 is 4.74 Å². The highest BCUT2D eigenvalue weighted by Crippen LogP contribution is 2.20. The number of nitrogens with two attached hydrogens (primary N) is 1. The van der Waals surface area contributed by atoms with Crippen molar-refractivity contribution in [2.24, 2.45) is 11.8 Å². The second-order valence-corrected chi connectivity index (χ2v) is 4.68. The van der Waals surface area contributed by atoms with Gasteiger partial charge in [-0.15, -0.1) is 6.58 Å². The maximum Gasteiger partial charge on any atom is 0.0509 e. The Morgan fingerprint density at radius 3 is 2.94 bits per heavy atom. The summed E-state index contributed by atoms with van der Waals surface area (Å²) in [7, 11) is 0. The van der Waals surface area contributed by atoms with Crippen LogP contribution in [0.15, 0.2) is 12.7 Å². The second kappa shape index (κ2) is 8.74. The third kappa shape index (κ3) is 5.10. The molecule has 0 bridgehead atoms. The molecular formula is C13H26N2O. The van der Waals surface area contributed by atoms with Crippen molar-refractivity contribution in [3.8, 4) is 0 Å². The summed E-state index contributed by atoms with van der Waals surface area (Å²) in [6, 6.07) is 0.434. The zero-order chi connectivity index (χ0) is 11.6. The van der Waals surface area contributed by atoms with E-state index in [0.717, 1.165) is 19.6 Å². The van der Waals surface area contributed by atoms with Crippen LogP contribution in [-0.4, -0.2) is 19.3 Å². The van der Waals surface area contributed by atoms with Gasteiger partial charge in [0.2, 0.25) is 0 Å². The standard InChI is InChI=1S/C13H26N2O/c1-2-3-4-5-6-9-13(15-14)12-8-7-10-16-11-12/h2,12-13,15H,1,3-11,14H2. The fourth-order valence-corrected chi connectivity index (χ4v) is 2.37.